The van der Waals surface area contributed by atoms with Crippen molar-refractivity contribution in [1.82, 2.24) is 14.7 Å². The van der Waals surface area contributed by atoms with E-state index in [1.165, 1.54) is 6.07 Å². The van der Waals surface area contributed by atoms with Gasteiger partial charge in [-0.3, -0.25) is 4.79 Å². The molecule has 0 aliphatic carbocycles. The zero-order valence-electron chi connectivity index (χ0n) is 21.7. The second-order valence-corrected chi connectivity index (χ2v) is 11.6. The van der Waals surface area contributed by atoms with Gasteiger partial charge >= 0.3 is 0 Å². The molecule has 3 aromatic rings. The van der Waals surface area contributed by atoms with Crippen molar-refractivity contribution in [2.24, 2.45) is 5.92 Å². The van der Waals surface area contributed by atoms with E-state index in [-0.39, 0.29) is 22.2 Å². The number of aromatic nitrogens is 2. The first-order valence-electron chi connectivity index (χ1n) is 12.3. The summed E-state index contributed by atoms with van der Waals surface area (Å²) in [5, 5.41) is 2.81. The highest BCUT2D eigenvalue weighted by Crippen LogP contribution is 2.38. The summed E-state index contributed by atoms with van der Waals surface area (Å²) >= 11 is 0. The van der Waals surface area contributed by atoms with Gasteiger partial charge < -0.3 is 15.0 Å². The Morgan fingerprint density at radius 2 is 1.89 bits per heavy atom. The lowest BCUT2D eigenvalue weighted by Gasteiger charge is -2.36. The van der Waals surface area contributed by atoms with E-state index in [2.05, 4.69) is 45.7 Å². The molecule has 1 aromatic carbocycles. The number of amides is 1. The molecule has 0 saturated carbocycles. The van der Waals surface area contributed by atoms with Crippen LogP contribution in [0.1, 0.15) is 51.4 Å². The van der Waals surface area contributed by atoms with Gasteiger partial charge in [-0.15, -0.1) is 0 Å². The lowest BCUT2D eigenvalue weighted by atomic mass is 9.90. The Balaban J connectivity index is 1.54. The first kappa shape index (κ1) is 26.4. The Kier molecular flexibility index (Phi) is 7.40. The normalized spacial score (nSPS) is 17.0. The maximum absolute atomic E-state index is 13.2. The minimum absolute atomic E-state index is 0.0192. The van der Waals surface area contributed by atoms with Crippen molar-refractivity contribution in [3.8, 4) is 5.75 Å². The molecular formula is C27H33N5O4S. The fourth-order valence-corrected chi connectivity index (χ4v) is 5.26. The van der Waals surface area contributed by atoms with Crippen LogP contribution in [-0.2, 0) is 10.0 Å². The van der Waals surface area contributed by atoms with Gasteiger partial charge in [0.2, 0.25) is 0 Å². The van der Waals surface area contributed by atoms with E-state index in [4.69, 9.17) is 4.74 Å². The zero-order chi connectivity index (χ0) is 26.8. The summed E-state index contributed by atoms with van der Waals surface area (Å²) in [7, 11) is -4.25. The van der Waals surface area contributed by atoms with E-state index in [0.717, 1.165) is 13.0 Å². The molecule has 0 spiro atoms. The summed E-state index contributed by atoms with van der Waals surface area (Å²) in [5.41, 5.74) is 0.664. The highest BCUT2D eigenvalue weighted by atomic mass is 32.2. The molecule has 3 heterocycles. The topological polar surface area (TPSA) is 114 Å². The van der Waals surface area contributed by atoms with Crippen LogP contribution in [0.3, 0.4) is 0 Å². The average molecular weight is 524 g/mol. The van der Waals surface area contributed by atoms with Gasteiger partial charge in [0.1, 0.15) is 17.4 Å². The summed E-state index contributed by atoms with van der Waals surface area (Å²) in [6.45, 7) is 11.0. The molecule has 0 bridgehead atoms. The third-order valence-corrected chi connectivity index (χ3v) is 7.91. The molecule has 9 nitrogen and oxygen atoms in total. The van der Waals surface area contributed by atoms with E-state index >= 15 is 0 Å². The molecule has 4 rings (SSSR count). The van der Waals surface area contributed by atoms with Crippen LogP contribution < -0.4 is 19.7 Å². The van der Waals surface area contributed by atoms with Crippen LogP contribution in [0.4, 0.5) is 17.3 Å². The molecule has 2 N–H and O–H groups in total. The van der Waals surface area contributed by atoms with Gasteiger partial charge in [0, 0.05) is 30.0 Å². The van der Waals surface area contributed by atoms with Crippen LogP contribution in [0.15, 0.2) is 65.8 Å². The Hall–Kier alpha value is -3.66. The second kappa shape index (κ2) is 10.4. The number of carbonyl (C=O) groups excluding carboxylic acids is 1. The SMILES string of the molecule is CC(C)Oc1cccc(Nc2cccc(S(=O)(=O)NC(=O)c3cccnc3N3CCC(C)C3(C)C)n2)c1. The monoisotopic (exact) mass is 523 g/mol. The van der Waals surface area contributed by atoms with Gasteiger partial charge in [0.05, 0.1) is 11.7 Å². The number of nitrogens with zero attached hydrogens (tertiary/aromatic N) is 3. The summed E-state index contributed by atoms with van der Waals surface area (Å²) in [4.78, 5) is 23.9. The highest BCUT2D eigenvalue weighted by molar-refractivity contribution is 7.90. The second-order valence-electron chi connectivity index (χ2n) is 9.98. The molecule has 196 valence electrons. The third-order valence-electron chi connectivity index (χ3n) is 6.68. The number of benzene rings is 1. The maximum Gasteiger partial charge on any atom is 0.281 e. The van der Waals surface area contributed by atoms with E-state index in [0.29, 0.717) is 29.0 Å². The Bertz CT molecular complexity index is 1390. The fourth-order valence-electron chi connectivity index (χ4n) is 4.33. The number of carbonyl (C=O) groups is 1. The Morgan fingerprint density at radius 1 is 1.14 bits per heavy atom. The van der Waals surface area contributed by atoms with Crippen molar-refractivity contribution < 1.29 is 17.9 Å². The van der Waals surface area contributed by atoms with Crippen LogP contribution in [0.5, 0.6) is 5.75 Å². The van der Waals surface area contributed by atoms with E-state index in [1.54, 1.807) is 36.5 Å². The van der Waals surface area contributed by atoms with Crippen molar-refractivity contribution in [3.63, 3.8) is 0 Å². The van der Waals surface area contributed by atoms with E-state index in [1.807, 2.05) is 32.0 Å². The van der Waals surface area contributed by atoms with Crippen molar-refractivity contribution in [2.75, 3.05) is 16.8 Å². The standard InChI is InChI=1S/C27H33N5O4S/c1-18(2)36-21-10-6-9-20(17-21)29-23-12-7-13-24(30-23)37(34,35)31-26(33)22-11-8-15-28-25(22)32-16-14-19(3)27(32,4)5/h6-13,15,17-19H,14,16H2,1-5H3,(H,29,30)(H,31,33). The number of nitrogens with one attached hydrogen (secondary N) is 2. The minimum atomic E-state index is -4.25. The van der Waals surface area contributed by atoms with Crippen LogP contribution in [0.2, 0.25) is 0 Å². The number of sulfonamides is 1. The van der Waals surface area contributed by atoms with Gasteiger partial charge in [-0.05, 0) is 76.4 Å². The van der Waals surface area contributed by atoms with Crippen LogP contribution >= 0.6 is 0 Å². The molecule has 0 radical (unpaired) electrons. The molecule has 1 amide bonds. The Labute approximate surface area is 218 Å². The number of pyridine rings is 2. The quantitative estimate of drug-likeness (QED) is 0.435. The van der Waals surface area contributed by atoms with Crippen molar-refractivity contribution in [2.45, 2.75) is 57.7 Å². The predicted octanol–water partition coefficient (Wildman–Crippen LogP) is 4.75. The molecule has 1 aliphatic heterocycles. The van der Waals surface area contributed by atoms with Crippen LogP contribution in [-0.4, -0.2) is 42.5 Å². The largest absolute Gasteiger partial charge is 0.491 e. The number of anilines is 3. The Morgan fingerprint density at radius 3 is 2.59 bits per heavy atom. The molecule has 2 aromatic heterocycles. The smallest absolute Gasteiger partial charge is 0.281 e. The van der Waals surface area contributed by atoms with E-state index in [9.17, 15) is 13.2 Å². The zero-order valence-corrected chi connectivity index (χ0v) is 22.5. The molecule has 10 heteroatoms. The van der Waals surface area contributed by atoms with Gasteiger partial charge in [-0.1, -0.05) is 19.1 Å². The molecule has 1 aliphatic rings. The molecule has 1 unspecified atom stereocenters. The number of ether oxygens (including phenoxy) is 1. The molecule has 37 heavy (non-hydrogen) atoms. The number of hydrogen-bond donors (Lipinski definition) is 2. The first-order valence-corrected chi connectivity index (χ1v) is 13.8. The average Bonchev–Trinajstić information content (AvgIpc) is 3.10. The van der Waals surface area contributed by atoms with Crippen molar-refractivity contribution >= 4 is 33.3 Å². The van der Waals surface area contributed by atoms with Gasteiger partial charge in [0.25, 0.3) is 15.9 Å². The highest BCUT2D eigenvalue weighted by Gasteiger charge is 2.40. The molecular weight excluding hydrogens is 490 g/mol. The molecule has 1 fully saturated rings. The van der Waals surface area contributed by atoms with Crippen molar-refractivity contribution in [1.29, 1.82) is 0 Å². The maximum atomic E-state index is 13.2. The van der Waals surface area contributed by atoms with Crippen molar-refractivity contribution in [3.05, 3.63) is 66.4 Å². The van der Waals surface area contributed by atoms with Gasteiger partial charge in [-0.25, -0.2) is 14.7 Å². The summed E-state index contributed by atoms with van der Waals surface area (Å²) < 4.78 is 34.1. The molecule has 1 saturated heterocycles. The van der Waals surface area contributed by atoms with Crippen LogP contribution in [0.25, 0.3) is 0 Å². The van der Waals surface area contributed by atoms with Crippen LogP contribution in [0, 0.1) is 5.92 Å². The van der Waals surface area contributed by atoms with Gasteiger partial charge in [0.15, 0.2) is 5.03 Å². The number of rotatable bonds is 8. The lowest BCUT2D eigenvalue weighted by molar-refractivity contribution is 0.0981. The van der Waals surface area contributed by atoms with Gasteiger partial charge in [-0.2, -0.15) is 8.42 Å². The lowest BCUT2D eigenvalue weighted by Crippen LogP contribution is -2.43. The minimum Gasteiger partial charge on any atom is -0.491 e. The predicted molar refractivity (Wildman–Crippen MR) is 144 cm³/mol. The summed E-state index contributed by atoms with van der Waals surface area (Å²) in [6, 6.07) is 15.0. The molecule has 1 atom stereocenters. The fraction of sp³-hybridized carbons (Fsp3) is 0.370. The summed E-state index contributed by atoms with van der Waals surface area (Å²) in [5.74, 6) is 1.10. The first-order chi connectivity index (χ1) is 17.5. The van der Waals surface area contributed by atoms with E-state index < -0.39 is 15.9 Å². The summed E-state index contributed by atoms with van der Waals surface area (Å²) in [6.07, 6.45) is 2.59. The number of hydrogen-bond acceptors (Lipinski definition) is 8. The third kappa shape index (κ3) is 5.85.